The van der Waals surface area contributed by atoms with Crippen LogP contribution in [0.1, 0.15) is 76.0 Å². The summed E-state index contributed by atoms with van der Waals surface area (Å²) in [5.74, 6) is -0.754. The molecule has 45 heavy (non-hydrogen) atoms. The smallest absolute Gasteiger partial charge is 0.407 e. The Balaban J connectivity index is 1.69. The van der Waals surface area contributed by atoms with Crippen LogP contribution in [-0.2, 0) is 19.7 Å². The third kappa shape index (κ3) is 8.88. The van der Waals surface area contributed by atoms with Crippen LogP contribution in [0.2, 0.25) is 0 Å². The van der Waals surface area contributed by atoms with E-state index in [1.807, 2.05) is 31.1 Å². The summed E-state index contributed by atoms with van der Waals surface area (Å²) in [6, 6.07) is 3.03. The SMILES string of the molecule is CC(C)(C)OC(=O)/C=C/c1c(N2CCC[C@@H](OC(=O)NCCO)C2)nc2cc(C(=O)Nc3nc(C(C)(C)C)cs3)ccn2c1=O. The first kappa shape index (κ1) is 33.6. The molecule has 242 valence electrons. The summed E-state index contributed by atoms with van der Waals surface area (Å²) in [5.41, 5.74) is 0.146. The summed E-state index contributed by atoms with van der Waals surface area (Å²) in [7, 11) is 0. The number of fused-ring (bicyclic) bond motifs is 1. The zero-order valence-electron chi connectivity index (χ0n) is 26.4. The number of nitrogens with one attached hydrogen (secondary N) is 2. The van der Waals surface area contributed by atoms with E-state index in [1.165, 1.54) is 46.2 Å². The second-order valence-corrected chi connectivity index (χ2v) is 13.5. The number of ether oxygens (including phenoxy) is 2. The van der Waals surface area contributed by atoms with E-state index in [9.17, 15) is 19.2 Å². The number of piperidine rings is 1. The third-order valence-corrected chi connectivity index (χ3v) is 7.48. The summed E-state index contributed by atoms with van der Waals surface area (Å²) in [6.45, 7) is 11.9. The average Bonchev–Trinajstić information content (AvgIpc) is 3.43. The molecule has 1 aliphatic rings. The van der Waals surface area contributed by atoms with Crippen LogP contribution in [0, 0.1) is 0 Å². The number of pyridine rings is 1. The van der Waals surface area contributed by atoms with Crippen molar-refractivity contribution in [3.8, 4) is 0 Å². The molecule has 0 bridgehead atoms. The maximum absolute atomic E-state index is 13.8. The van der Waals surface area contributed by atoms with Crippen molar-refractivity contribution in [3.63, 3.8) is 0 Å². The number of esters is 1. The minimum absolute atomic E-state index is 0.0636. The lowest BCUT2D eigenvalue weighted by molar-refractivity contribution is -0.148. The summed E-state index contributed by atoms with van der Waals surface area (Å²) >= 11 is 1.33. The van der Waals surface area contributed by atoms with Crippen LogP contribution in [0.25, 0.3) is 11.7 Å². The molecule has 2 amide bonds. The van der Waals surface area contributed by atoms with E-state index < -0.39 is 35.2 Å². The Morgan fingerprint density at radius 2 is 1.93 bits per heavy atom. The molecule has 1 atom stereocenters. The normalized spacial score (nSPS) is 15.7. The number of aliphatic hydroxyl groups is 1. The van der Waals surface area contributed by atoms with Gasteiger partial charge in [0, 0.05) is 41.7 Å². The van der Waals surface area contributed by atoms with E-state index in [1.54, 1.807) is 20.8 Å². The minimum atomic E-state index is -0.723. The zero-order valence-corrected chi connectivity index (χ0v) is 27.2. The fraction of sp³-hybridized carbons (Fsp3) is 0.484. The fourth-order valence-electron chi connectivity index (χ4n) is 4.58. The van der Waals surface area contributed by atoms with Crippen molar-refractivity contribution in [1.29, 1.82) is 0 Å². The van der Waals surface area contributed by atoms with Crippen molar-refractivity contribution in [2.75, 3.05) is 36.5 Å². The predicted molar refractivity (Wildman–Crippen MR) is 172 cm³/mol. The maximum Gasteiger partial charge on any atom is 0.407 e. The molecule has 3 aromatic heterocycles. The number of rotatable bonds is 8. The highest BCUT2D eigenvalue weighted by Crippen LogP contribution is 2.27. The average molecular weight is 641 g/mol. The van der Waals surface area contributed by atoms with Gasteiger partial charge in [-0.15, -0.1) is 11.3 Å². The number of carbonyl (C=O) groups is 3. The van der Waals surface area contributed by atoms with Crippen LogP contribution in [0.5, 0.6) is 0 Å². The van der Waals surface area contributed by atoms with E-state index in [2.05, 4.69) is 15.6 Å². The predicted octanol–water partition coefficient (Wildman–Crippen LogP) is 3.74. The van der Waals surface area contributed by atoms with Crippen LogP contribution in [0.15, 0.2) is 34.6 Å². The molecule has 0 unspecified atom stereocenters. The van der Waals surface area contributed by atoms with Crippen molar-refractivity contribution in [2.24, 2.45) is 0 Å². The van der Waals surface area contributed by atoms with Crippen molar-refractivity contribution in [3.05, 3.63) is 57.0 Å². The van der Waals surface area contributed by atoms with Crippen molar-refractivity contribution >= 4 is 52.0 Å². The molecule has 0 radical (unpaired) electrons. The lowest BCUT2D eigenvalue weighted by Gasteiger charge is -2.33. The Morgan fingerprint density at radius 3 is 2.60 bits per heavy atom. The Labute approximate surface area is 265 Å². The molecule has 0 spiro atoms. The van der Waals surface area contributed by atoms with Gasteiger partial charge in [0.15, 0.2) is 5.13 Å². The van der Waals surface area contributed by atoms with E-state index in [4.69, 9.17) is 19.6 Å². The molecule has 4 rings (SSSR count). The van der Waals surface area contributed by atoms with Crippen LogP contribution in [-0.4, -0.2) is 75.4 Å². The van der Waals surface area contributed by atoms with Gasteiger partial charge in [-0.2, -0.15) is 0 Å². The Hall–Kier alpha value is -4.30. The largest absolute Gasteiger partial charge is 0.457 e. The van der Waals surface area contributed by atoms with Gasteiger partial charge in [0.2, 0.25) is 0 Å². The number of nitrogens with zero attached hydrogens (tertiary/aromatic N) is 4. The van der Waals surface area contributed by atoms with E-state index in [0.29, 0.717) is 24.5 Å². The second-order valence-electron chi connectivity index (χ2n) is 12.7. The number of hydrogen-bond acceptors (Lipinski definition) is 11. The van der Waals surface area contributed by atoms with E-state index in [0.717, 1.165) is 5.69 Å². The summed E-state index contributed by atoms with van der Waals surface area (Å²) < 4.78 is 12.2. The molecule has 0 aromatic carbocycles. The highest BCUT2D eigenvalue weighted by molar-refractivity contribution is 7.14. The van der Waals surface area contributed by atoms with Gasteiger partial charge < -0.3 is 24.8 Å². The topological polar surface area (TPSA) is 164 Å². The lowest BCUT2D eigenvalue weighted by Crippen LogP contribution is -2.43. The maximum atomic E-state index is 13.8. The Morgan fingerprint density at radius 1 is 1.18 bits per heavy atom. The van der Waals surface area contributed by atoms with E-state index in [-0.39, 0.29) is 47.7 Å². The number of hydrogen-bond donors (Lipinski definition) is 3. The van der Waals surface area contributed by atoms with Crippen LogP contribution in [0.3, 0.4) is 0 Å². The van der Waals surface area contributed by atoms with Gasteiger partial charge in [-0.3, -0.25) is 19.3 Å². The van der Waals surface area contributed by atoms with Crippen molar-refractivity contribution < 1.29 is 29.0 Å². The summed E-state index contributed by atoms with van der Waals surface area (Å²) in [4.78, 5) is 62.7. The van der Waals surface area contributed by atoms with Gasteiger partial charge >= 0.3 is 12.1 Å². The monoisotopic (exact) mass is 640 g/mol. The highest BCUT2D eigenvalue weighted by Gasteiger charge is 2.27. The molecule has 0 aliphatic carbocycles. The minimum Gasteiger partial charge on any atom is -0.457 e. The quantitative estimate of drug-likeness (QED) is 0.244. The molecular weight excluding hydrogens is 600 g/mol. The van der Waals surface area contributed by atoms with Gasteiger partial charge in [0.05, 0.1) is 24.4 Å². The number of thiazole rings is 1. The van der Waals surface area contributed by atoms with Gasteiger partial charge in [-0.05, 0) is 51.8 Å². The molecule has 3 aromatic rings. The molecule has 13 nitrogen and oxygen atoms in total. The molecule has 1 aliphatic heterocycles. The number of aromatic nitrogens is 3. The zero-order chi connectivity index (χ0) is 32.9. The van der Waals surface area contributed by atoms with Crippen LogP contribution in [0.4, 0.5) is 15.7 Å². The number of alkyl carbamates (subject to hydrolysis) is 1. The molecule has 4 heterocycles. The first-order valence-corrected chi connectivity index (χ1v) is 15.6. The molecule has 1 fully saturated rings. The number of aliphatic hydroxyl groups excluding tert-OH is 1. The first-order chi connectivity index (χ1) is 21.1. The van der Waals surface area contributed by atoms with E-state index >= 15 is 0 Å². The number of carbonyl (C=O) groups excluding carboxylic acids is 3. The summed E-state index contributed by atoms with van der Waals surface area (Å²) in [6.07, 6.45) is 4.09. The molecule has 0 saturated carbocycles. The van der Waals surface area contributed by atoms with Crippen molar-refractivity contribution in [2.45, 2.75) is 71.5 Å². The second kappa shape index (κ2) is 13.8. The molecule has 14 heteroatoms. The van der Waals surface area contributed by atoms with Crippen LogP contribution < -0.4 is 21.1 Å². The van der Waals surface area contributed by atoms with Gasteiger partial charge in [0.1, 0.15) is 23.2 Å². The van der Waals surface area contributed by atoms with Crippen LogP contribution >= 0.6 is 11.3 Å². The van der Waals surface area contributed by atoms with Gasteiger partial charge in [-0.25, -0.2) is 19.6 Å². The molecular formula is C31H40N6O7S. The molecule has 3 N–H and O–H groups in total. The van der Waals surface area contributed by atoms with Gasteiger partial charge in [-0.1, -0.05) is 20.8 Å². The van der Waals surface area contributed by atoms with Gasteiger partial charge in [0.25, 0.3) is 11.5 Å². The van der Waals surface area contributed by atoms with Crippen molar-refractivity contribution in [1.82, 2.24) is 19.7 Å². The first-order valence-electron chi connectivity index (χ1n) is 14.7. The standard InChI is InChI=1S/C31H40N6O7S/c1-30(2,3)22-18-45-28(33-22)35-26(40)19-11-14-37-23(16-19)34-25(21(27(37)41)9-10-24(39)44-31(4,5)6)36-13-7-8-20(17-36)43-29(42)32-12-15-38/h9-11,14,16,18,20,38H,7-8,12-13,15,17H2,1-6H3,(H,32,42)(H,33,35,40)/b10-9+/t20-/m1/s1. The Kier molecular flexibility index (Phi) is 10.3. The summed E-state index contributed by atoms with van der Waals surface area (Å²) in [5, 5.41) is 16.6. The Bertz CT molecular complexity index is 1650. The third-order valence-electron chi connectivity index (χ3n) is 6.73. The highest BCUT2D eigenvalue weighted by atomic mass is 32.1. The fourth-order valence-corrected chi connectivity index (χ4v) is 5.51. The number of anilines is 2. The lowest BCUT2D eigenvalue weighted by atomic mass is 9.93. The molecule has 1 saturated heterocycles. The number of amides is 2.